The Labute approximate surface area is 167 Å². The first-order valence-corrected chi connectivity index (χ1v) is 9.02. The van der Waals surface area contributed by atoms with Crippen LogP contribution in [0.4, 0.5) is 11.4 Å². The van der Waals surface area contributed by atoms with Gasteiger partial charge in [0.1, 0.15) is 5.69 Å². The number of ether oxygens (including phenoxy) is 3. The van der Waals surface area contributed by atoms with Gasteiger partial charge in [-0.3, -0.25) is 14.9 Å². The number of carbonyl (C=O) groups excluding carboxylic acids is 2. The first kappa shape index (κ1) is 21.7. The third-order valence-corrected chi connectivity index (χ3v) is 3.79. The van der Waals surface area contributed by atoms with E-state index in [0.717, 1.165) is 0 Å². The van der Waals surface area contributed by atoms with Crippen molar-refractivity contribution in [1.82, 2.24) is 0 Å². The standard InChI is InChI=1S/C20H22N2O7/c1-4-27-17-11-10-14(12-18(17)28-5-2)20(24)29-13(3)19(23)21-15-8-6-7-9-16(15)22(25)26/h6-13H,4-5H2,1-3H3,(H,21,23)/t13-/m0/s1. The van der Waals surface area contributed by atoms with Crippen LogP contribution >= 0.6 is 0 Å². The summed E-state index contributed by atoms with van der Waals surface area (Å²) in [7, 11) is 0. The molecule has 1 amide bonds. The second-order valence-electron chi connectivity index (χ2n) is 5.84. The molecule has 2 aromatic rings. The van der Waals surface area contributed by atoms with E-state index in [1.807, 2.05) is 6.92 Å². The number of benzene rings is 2. The average Bonchev–Trinajstić information content (AvgIpc) is 2.69. The van der Waals surface area contributed by atoms with Gasteiger partial charge in [-0.15, -0.1) is 0 Å². The number of esters is 1. The van der Waals surface area contributed by atoms with Gasteiger partial charge in [0, 0.05) is 6.07 Å². The highest BCUT2D eigenvalue weighted by atomic mass is 16.6. The first-order valence-electron chi connectivity index (χ1n) is 9.02. The largest absolute Gasteiger partial charge is 0.490 e. The molecule has 0 spiro atoms. The average molecular weight is 402 g/mol. The maximum Gasteiger partial charge on any atom is 0.339 e. The minimum Gasteiger partial charge on any atom is -0.490 e. The van der Waals surface area contributed by atoms with Crippen molar-refractivity contribution in [1.29, 1.82) is 0 Å². The van der Waals surface area contributed by atoms with E-state index in [4.69, 9.17) is 14.2 Å². The van der Waals surface area contributed by atoms with Crippen LogP contribution in [0.15, 0.2) is 42.5 Å². The van der Waals surface area contributed by atoms with Gasteiger partial charge < -0.3 is 19.5 Å². The second-order valence-corrected chi connectivity index (χ2v) is 5.84. The zero-order chi connectivity index (χ0) is 21.4. The number of rotatable bonds is 9. The number of hydrogen-bond acceptors (Lipinski definition) is 7. The Morgan fingerprint density at radius 3 is 2.38 bits per heavy atom. The van der Waals surface area contributed by atoms with E-state index >= 15 is 0 Å². The van der Waals surface area contributed by atoms with Crippen LogP contribution in [-0.4, -0.2) is 36.1 Å². The zero-order valence-electron chi connectivity index (χ0n) is 16.3. The van der Waals surface area contributed by atoms with E-state index in [-0.39, 0.29) is 16.9 Å². The number of carbonyl (C=O) groups is 2. The molecule has 2 rings (SSSR count). The number of nitro benzene ring substituents is 1. The summed E-state index contributed by atoms with van der Waals surface area (Å²) in [5.74, 6) is -0.545. The lowest BCUT2D eigenvalue weighted by Crippen LogP contribution is -2.30. The molecular formula is C20H22N2O7. The molecule has 0 bridgehead atoms. The fourth-order valence-electron chi connectivity index (χ4n) is 2.43. The van der Waals surface area contributed by atoms with Crippen LogP contribution in [-0.2, 0) is 9.53 Å². The van der Waals surface area contributed by atoms with Crippen LogP contribution in [0.25, 0.3) is 0 Å². The molecule has 0 aliphatic carbocycles. The third-order valence-electron chi connectivity index (χ3n) is 3.79. The fraction of sp³-hybridized carbons (Fsp3) is 0.300. The molecule has 0 saturated carbocycles. The molecule has 0 fully saturated rings. The third kappa shape index (κ3) is 5.68. The van der Waals surface area contributed by atoms with Crippen molar-refractivity contribution < 1.29 is 28.7 Å². The van der Waals surface area contributed by atoms with Crippen molar-refractivity contribution in [2.24, 2.45) is 0 Å². The number of hydrogen-bond donors (Lipinski definition) is 1. The normalized spacial score (nSPS) is 11.3. The highest BCUT2D eigenvalue weighted by Gasteiger charge is 2.23. The molecule has 9 nitrogen and oxygen atoms in total. The molecule has 0 radical (unpaired) electrons. The van der Waals surface area contributed by atoms with Crippen LogP contribution in [0.2, 0.25) is 0 Å². The topological polar surface area (TPSA) is 117 Å². The van der Waals surface area contributed by atoms with Gasteiger partial charge in [-0.05, 0) is 45.0 Å². The Morgan fingerprint density at radius 2 is 1.72 bits per heavy atom. The summed E-state index contributed by atoms with van der Waals surface area (Å²) in [6.07, 6.45) is -1.18. The summed E-state index contributed by atoms with van der Waals surface area (Å²) in [5.41, 5.74) is -0.0559. The van der Waals surface area contributed by atoms with Gasteiger partial charge in [0.05, 0.1) is 23.7 Å². The van der Waals surface area contributed by atoms with E-state index in [1.165, 1.54) is 37.3 Å². The lowest BCUT2D eigenvalue weighted by molar-refractivity contribution is -0.383. The Hall–Kier alpha value is -3.62. The molecule has 0 aliphatic heterocycles. The van der Waals surface area contributed by atoms with E-state index in [2.05, 4.69) is 5.32 Å². The highest BCUT2D eigenvalue weighted by Crippen LogP contribution is 2.29. The lowest BCUT2D eigenvalue weighted by atomic mass is 10.2. The number of anilines is 1. The van der Waals surface area contributed by atoms with Gasteiger partial charge in [-0.25, -0.2) is 4.79 Å². The summed E-state index contributed by atoms with van der Waals surface area (Å²) in [6.45, 7) is 5.82. The van der Waals surface area contributed by atoms with E-state index in [9.17, 15) is 19.7 Å². The first-order chi connectivity index (χ1) is 13.9. The summed E-state index contributed by atoms with van der Waals surface area (Å²) in [5, 5.41) is 13.4. The smallest absolute Gasteiger partial charge is 0.339 e. The van der Waals surface area contributed by atoms with Gasteiger partial charge in [0.15, 0.2) is 17.6 Å². The molecular weight excluding hydrogens is 380 g/mol. The molecule has 1 N–H and O–H groups in total. The van der Waals surface area contributed by atoms with Crippen molar-refractivity contribution in [2.45, 2.75) is 26.9 Å². The van der Waals surface area contributed by atoms with Gasteiger partial charge in [-0.2, -0.15) is 0 Å². The summed E-state index contributed by atoms with van der Waals surface area (Å²) >= 11 is 0. The summed E-state index contributed by atoms with van der Waals surface area (Å²) in [6, 6.07) is 10.3. The molecule has 0 aromatic heterocycles. The van der Waals surface area contributed by atoms with Crippen molar-refractivity contribution in [3.05, 3.63) is 58.1 Å². The van der Waals surface area contributed by atoms with Crippen LogP contribution in [0.3, 0.4) is 0 Å². The molecule has 29 heavy (non-hydrogen) atoms. The fourth-order valence-corrected chi connectivity index (χ4v) is 2.43. The molecule has 0 aliphatic rings. The predicted molar refractivity (Wildman–Crippen MR) is 105 cm³/mol. The van der Waals surface area contributed by atoms with Crippen LogP contribution in [0, 0.1) is 10.1 Å². The molecule has 0 unspecified atom stereocenters. The minimum atomic E-state index is -1.18. The highest BCUT2D eigenvalue weighted by molar-refractivity contribution is 5.98. The van der Waals surface area contributed by atoms with Crippen LogP contribution in [0.1, 0.15) is 31.1 Å². The van der Waals surface area contributed by atoms with Gasteiger partial charge in [0.25, 0.3) is 11.6 Å². The number of para-hydroxylation sites is 2. The predicted octanol–water partition coefficient (Wildman–Crippen LogP) is 3.58. The quantitative estimate of drug-likeness (QED) is 0.387. The molecule has 0 heterocycles. The van der Waals surface area contributed by atoms with E-state index in [1.54, 1.807) is 19.1 Å². The number of nitrogens with zero attached hydrogens (tertiary/aromatic N) is 1. The Bertz CT molecular complexity index is 898. The number of nitro groups is 1. The minimum absolute atomic E-state index is 0.0186. The van der Waals surface area contributed by atoms with Crippen molar-refractivity contribution >= 4 is 23.3 Å². The van der Waals surface area contributed by atoms with E-state index in [0.29, 0.717) is 24.7 Å². The van der Waals surface area contributed by atoms with Crippen molar-refractivity contribution in [3.63, 3.8) is 0 Å². The maximum atomic E-state index is 12.4. The Kier molecular flexibility index (Phi) is 7.53. The number of nitrogens with one attached hydrogen (secondary N) is 1. The molecule has 154 valence electrons. The van der Waals surface area contributed by atoms with Crippen molar-refractivity contribution in [2.75, 3.05) is 18.5 Å². The Morgan fingerprint density at radius 1 is 1.07 bits per heavy atom. The summed E-state index contributed by atoms with van der Waals surface area (Å²) < 4.78 is 16.1. The Balaban J connectivity index is 2.09. The maximum absolute atomic E-state index is 12.4. The summed E-state index contributed by atoms with van der Waals surface area (Å²) in [4.78, 5) is 35.1. The van der Waals surface area contributed by atoms with Gasteiger partial charge in [-0.1, -0.05) is 12.1 Å². The monoisotopic (exact) mass is 402 g/mol. The second kappa shape index (κ2) is 10.1. The van der Waals surface area contributed by atoms with Crippen molar-refractivity contribution in [3.8, 4) is 11.5 Å². The van der Waals surface area contributed by atoms with Gasteiger partial charge in [0.2, 0.25) is 0 Å². The van der Waals surface area contributed by atoms with Crippen LogP contribution in [0.5, 0.6) is 11.5 Å². The van der Waals surface area contributed by atoms with Gasteiger partial charge >= 0.3 is 5.97 Å². The van der Waals surface area contributed by atoms with Crippen LogP contribution < -0.4 is 14.8 Å². The lowest BCUT2D eigenvalue weighted by Gasteiger charge is -2.15. The SMILES string of the molecule is CCOc1ccc(C(=O)O[C@@H](C)C(=O)Nc2ccccc2[N+](=O)[O-])cc1OCC. The number of amides is 1. The molecule has 9 heteroatoms. The zero-order valence-corrected chi connectivity index (χ0v) is 16.3. The molecule has 1 atom stereocenters. The molecule has 0 saturated heterocycles. The molecule has 2 aromatic carbocycles. The van der Waals surface area contributed by atoms with E-state index < -0.39 is 22.9 Å².